The van der Waals surface area contributed by atoms with Crippen molar-refractivity contribution in [1.29, 1.82) is 0 Å². The predicted octanol–water partition coefficient (Wildman–Crippen LogP) is 4.52. The third-order valence-electron chi connectivity index (χ3n) is 6.86. The number of piperazine rings is 1. The summed E-state index contributed by atoms with van der Waals surface area (Å²) in [5.41, 5.74) is 3.29. The van der Waals surface area contributed by atoms with E-state index in [1.165, 1.54) is 6.20 Å². The molecule has 2 aliphatic heterocycles. The molecule has 0 bridgehead atoms. The Morgan fingerprint density at radius 2 is 2.03 bits per heavy atom. The average Bonchev–Trinajstić information content (AvgIpc) is 2.91. The summed E-state index contributed by atoms with van der Waals surface area (Å²) < 4.78 is 43.1. The van der Waals surface area contributed by atoms with Crippen molar-refractivity contribution in [2.75, 3.05) is 42.8 Å². The van der Waals surface area contributed by atoms with Gasteiger partial charge in [-0.1, -0.05) is 36.4 Å². The lowest BCUT2D eigenvalue weighted by atomic mass is 10.1. The molecule has 3 N–H and O–H groups in total. The highest BCUT2D eigenvalue weighted by molar-refractivity contribution is 7.92. The number of hydrogen-bond acceptors (Lipinski definition) is 7. The van der Waals surface area contributed by atoms with Crippen LogP contribution in [0.25, 0.3) is 6.08 Å². The highest BCUT2D eigenvalue weighted by atomic mass is 32.2. The van der Waals surface area contributed by atoms with E-state index < -0.39 is 16.3 Å². The predicted molar refractivity (Wildman–Crippen MR) is 151 cm³/mol. The van der Waals surface area contributed by atoms with Crippen molar-refractivity contribution < 1.29 is 17.9 Å². The molecule has 2 atom stereocenters. The molecular weight excluding hydrogens is 505 g/mol. The van der Waals surface area contributed by atoms with Gasteiger partial charge in [0, 0.05) is 51.4 Å². The van der Waals surface area contributed by atoms with Crippen molar-refractivity contribution in [3.05, 3.63) is 71.2 Å². The van der Waals surface area contributed by atoms with Crippen LogP contribution in [-0.4, -0.2) is 68.3 Å². The van der Waals surface area contributed by atoms with Crippen LogP contribution in [-0.2, 0) is 10.0 Å². The summed E-state index contributed by atoms with van der Waals surface area (Å²) in [5, 5.41) is 14.2. The smallest absolute Gasteiger partial charge is 0.263 e. The summed E-state index contributed by atoms with van der Waals surface area (Å²) in [7, 11) is -3.84. The first kappa shape index (κ1) is 28.0. The summed E-state index contributed by atoms with van der Waals surface area (Å²) in [4.78, 5) is 8.14. The molecule has 4 rings (SSSR count). The molecule has 0 amide bonds. The summed E-state index contributed by atoms with van der Waals surface area (Å²) in [6.07, 6.45) is 6.21. The van der Waals surface area contributed by atoms with Crippen LogP contribution >= 0.6 is 0 Å². The van der Waals surface area contributed by atoms with Crippen molar-refractivity contribution in [3.8, 4) is 0 Å². The Morgan fingerprint density at radius 3 is 2.74 bits per heavy atom. The molecule has 1 saturated heterocycles. The third kappa shape index (κ3) is 6.68. The normalized spacial score (nSPS) is 19.8. The summed E-state index contributed by atoms with van der Waals surface area (Å²) in [6.45, 7) is 8.87. The van der Waals surface area contributed by atoms with E-state index in [1.54, 1.807) is 37.4 Å². The number of sulfonamides is 1. The zero-order chi connectivity index (χ0) is 27.3. The molecule has 0 aromatic heterocycles. The van der Waals surface area contributed by atoms with Crippen LogP contribution in [0.2, 0.25) is 0 Å². The number of aliphatic imine (C=N–C) groups is 1. The molecule has 38 heavy (non-hydrogen) atoms. The highest BCUT2D eigenvalue weighted by Crippen LogP contribution is 2.32. The molecule has 2 aromatic rings. The van der Waals surface area contributed by atoms with Crippen LogP contribution in [0.15, 0.2) is 64.4 Å². The van der Waals surface area contributed by atoms with Crippen LogP contribution in [0.1, 0.15) is 43.2 Å². The zero-order valence-electron chi connectivity index (χ0n) is 22.1. The first-order valence-electron chi connectivity index (χ1n) is 12.9. The second-order valence-corrected chi connectivity index (χ2v) is 11.3. The zero-order valence-corrected chi connectivity index (χ0v) is 22.9. The lowest BCUT2D eigenvalue weighted by Gasteiger charge is -2.37. The maximum absolute atomic E-state index is 13.8. The van der Waals surface area contributed by atoms with Gasteiger partial charge >= 0.3 is 0 Å². The monoisotopic (exact) mass is 541 g/mol. The summed E-state index contributed by atoms with van der Waals surface area (Å²) in [6, 6.07) is 10.5. The second-order valence-electron chi connectivity index (χ2n) is 9.68. The third-order valence-corrected chi connectivity index (χ3v) is 8.27. The van der Waals surface area contributed by atoms with Crippen LogP contribution in [0.5, 0.6) is 0 Å². The van der Waals surface area contributed by atoms with E-state index in [4.69, 9.17) is 0 Å². The standard InChI is InChI=1S/C28H36FN5O3S/c1-4-30-19-24(29)12-13-33-14-16-34(17-15-33)28(35)23-10-11-25(20(2)18-23)32-38(36,37)26-7-5-6-22-9-8-21(3)31-27(22)26/h4-11,18-19,21,28,31-32,35H,12-17H2,1-3H3/b24-19+,30-4-/t21?,28-/m1/s1. The number of nitrogens with zero attached hydrogens (tertiary/aromatic N) is 3. The maximum Gasteiger partial charge on any atom is 0.263 e. The molecular formula is C28H36FN5O3S. The topological polar surface area (TPSA) is 97.3 Å². The van der Waals surface area contributed by atoms with Gasteiger partial charge in [0.05, 0.1) is 17.6 Å². The quantitative estimate of drug-likeness (QED) is 0.404. The van der Waals surface area contributed by atoms with Crippen molar-refractivity contribution in [2.45, 2.75) is 44.4 Å². The van der Waals surface area contributed by atoms with Gasteiger partial charge < -0.3 is 15.3 Å². The van der Waals surface area contributed by atoms with E-state index in [9.17, 15) is 17.9 Å². The minimum atomic E-state index is -3.84. The lowest BCUT2D eigenvalue weighted by molar-refractivity contribution is -0.0272. The second kappa shape index (κ2) is 12.2. The number of hydrogen-bond donors (Lipinski definition) is 3. The molecule has 2 aromatic carbocycles. The summed E-state index contributed by atoms with van der Waals surface area (Å²) in [5.74, 6) is -0.244. The lowest BCUT2D eigenvalue weighted by Crippen LogP contribution is -2.47. The molecule has 0 saturated carbocycles. The fraction of sp³-hybridized carbons (Fsp3) is 0.393. The fourth-order valence-corrected chi connectivity index (χ4v) is 6.01. The first-order chi connectivity index (χ1) is 18.2. The molecule has 0 radical (unpaired) electrons. The van der Waals surface area contributed by atoms with E-state index in [2.05, 4.69) is 19.9 Å². The van der Waals surface area contributed by atoms with E-state index in [-0.39, 0.29) is 16.8 Å². The van der Waals surface area contributed by atoms with E-state index >= 15 is 0 Å². The van der Waals surface area contributed by atoms with Gasteiger partial charge in [0.15, 0.2) is 0 Å². The number of nitrogens with one attached hydrogen (secondary N) is 2. The Kier molecular flexibility index (Phi) is 8.99. The van der Waals surface area contributed by atoms with E-state index in [1.807, 2.05) is 43.0 Å². The number of halogens is 1. The van der Waals surface area contributed by atoms with Crippen molar-refractivity contribution in [2.24, 2.45) is 4.99 Å². The Balaban J connectivity index is 1.39. The van der Waals surface area contributed by atoms with Gasteiger partial charge in [-0.15, -0.1) is 0 Å². The Hall–Kier alpha value is -3.05. The van der Waals surface area contributed by atoms with Crippen LogP contribution in [0.4, 0.5) is 15.8 Å². The highest BCUT2D eigenvalue weighted by Gasteiger charge is 2.26. The number of aliphatic hydroxyl groups is 1. The Morgan fingerprint density at radius 1 is 1.26 bits per heavy atom. The molecule has 0 spiro atoms. The van der Waals surface area contributed by atoms with Crippen molar-refractivity contribution in [3.63, 3.8) is 0 Å². The average molecular weight is 542 g/mol. The van der Waals surface area contributed by atoms with Crippen LogP contribution in [0, 0.1) is 6.92 Å². The minimum absolute atomic E-state index is 0.0294. The van der Waals surface area contributed by atoms with Crippen molar-refractivity contribution >= 4 is 33.7 Å². The van der Waals surface area contributed by atoms with Gasteiger partial charge in [-0.3, -0.25) is 14.6 Å². The number of para-hydroxylation sites is 1. The first-order valence-corrected chi connectivity index (χ1v) is 14.3. The number of aliphatic hydroxyl groups excluding tert-OH is 1. The molecule has 2 heterocycles. The molecule has 10 heteroatoms. The van der Waals surface area contributed by atoms with Gasteiger partial charge in [0.2, 0.25) is 0 Å². The molecule has 1 fully saturated rings. The molecule has 0 aliphatic carbocycles. The molecule has 2 aliphatic rings. The summed E-state index contributed by atoms with van der Waals surface area (Å²) >= 11 is 0. The molecule has 1 unspecified atom stereocenters. The van der Waals surface area contributed by atoms with E-state index in [0.717, 1.165) is 18.7 Å². The number of rotatable bonds is 9. The number of benzene rings is 2. The molecule has 204 valence electrons. The number of aryl methyl sites for hydroxylation is 1. The Bertz CT molecular complexity index is 1330. The van der Waals surface area contributed by atoms with Gasteiger partial charge in [0.1, 0.15) is 17.0 Å². The van der Waals surface area contributed by atoms with Gasteiger partial charge in [-0.05, 0) is 49.6 Å². The van der Waals surface area contributed by atoms with E-state index in [0.29, 0.717) is 48.6 Å². The molecule has 8 nitrogen and oxygen atoms in total. The largest absolute Gasteiger partial charge is 0.378 e. The van der Waals surface area contributed by atoms with Gasteiger partial charge in [-0.25, -0.2) is 12.8 Å². The van der Waals surface area contributed by atoms with Crippen LogP contribution < -0.4 is 10.0 Å². The Labute approximate surface area is 224 Å². The number of fused-ring (bicyclic) bond motifs is 1. The van der Waals surface area contributed by atoms with Gasteiger partial charge in [-0.2, -0.15) is 0 Å². The minimum Gasteiger partial charge on any atom is -0.378 e. The van der Waals surface area contributed by atoms with Crippen LogP contribution in [0.3, 0.4) is 0 Å². The SMILES string of the molecule is C/C=N\C=C(\F)CCN1CCN([C@H](O)c2ccc(NS(=O)(=O)c3cccc4c3NC(C)C=C4)c(C)c2)CC1. The fourth-order valence-electron chi connectivity index (χ4n) is 4.68. The van der Waals surface area contributed by atoms with Gasteiger partial charge in [0.25, 0.3) is 10.0 Å². The van der Waals surface area contributed by atoms with Crippen molar-refractivity contribution in [1.82, 2.24) is 9.80 Å². The maximum atomic E-state index is 13.8. The number of anilines is 2.